The number of nitrogens with zero attached hydrogens (tertiary/aromatic N) is 1. The van der Waals surface area contributed by atoms with Crippen LogP contribution in [0.1, 0.15) is 18.7 Å². The molecule has 2 heterocycles. The summed E-state index contributed by atoms with van der Waals surface area (Å²) in [6, 6.07) is 1.42. The summed E-state index contributed by atoms with van der Waals surface area (Å²) in [5.74, 6) is 0.722. The van der Waals surface area contributed by atoms with Gasteiger partial charge in [0.05, 0.1) is 6.10 Å². The zero-order valence-corrected chi connectivity index (χ0v) is 7.32. The van der Waals surface area contributed by atoms with Crippen LogP contribution in [0.2, 0.25) is 0 Å². The van der Waals surface area contributed by atoms with Gasteiger partial charge in [0.2, 0.25) is 0 Å². The Morgan fingerprint density at radius 2 is 2.62 bits per heavy atom. The molecule has 2 rings (SSSR count). The Morgan fingerprint density at radius 3 is 3.31 bits per heavy atom. The van der Waals surface area contributed by atoms with Crippen LogP contribution in [0.5, 0.6) is 0 Å². The molecule has 1 aromatic rings. The summed E-state index contributed by atoms with van der Waals surface area (Å²) >= 11 is 0. The van der Waals surface area contributed by atoms with Crippen LogP contribution in [0.25, 0.3) is 0 Å². The van der Waals surface area contributed by atoms with Crippen molar-refractivity contribution in [2.24, 2.45) is 0 Å². The summed E-state index contributed by atoms with van der Waals surface area (Å²) in [4.78, 5) is 17.7. The van der Waals surface area contributed by atoms with Crippen LogP contribution >= 0.6 is 0 Å². The SMILES string of the molecule is O=c1ccnc(CC2CCCO2)[nH]1. The first-order chi connectivity index (χ1) is 6.34. The third kappa shape index (κ3) is 2.15. The number of aromatic nitrogens is 2. The first-order valence-electron chi connectivity index (χ1n) is 4.50. The summed E-state index contributed by atoms with van der Waals surface area (Å²) in [5.41, 5.74) is -0.0944. The Labute approximate surface area is 76.0 Å². The zero-order chi connectivity index (χ0) is 9.10. The molecule has 4 nitrogen and oxygen atoms in total. The molecule has 1 atom stereocenters. The van der Waals surface area contributed by atoms with Crippen LogP contribution in [0.3, 0.4) is 0 Å². The topological polar surface area (TPSA) is 55.0 Å². The van der Waals surface area contributed by atoms with Gasteiger partial charge in [-0.2, -0.15) is 0 Å². The van der Waals surface area contributed by atoms with E-state index in [0.717, 1.165) is 31.7 Å². The highest BCUT2D eigenvalue weighted by Gasteiger charge is 2.16. The molecule has 1 aliphatic rings. The number of rotatable bonds is 2. The van der Waals surface area contributed by atoms with E-state index in [2.05, 4.69) is 9.97 Å². The van der Waals surface area contributed by atoms with Gasteiger partial charge in [-0.25, -0.2) is 4.98 Å². The van der Waals surface area contributed by atoms with E-state index in [1.807, 2.05) is 0 Å². The van der Waals surface area contributed by atoms with Gasteiger partial charge in [0.25, 0.3) is 5.56 Å². The van der Waals surface area contributed by atoms with Gasteiger partial charge >= 0.3 is 0 Å². The Kier molecular flexibility index (Phi) is 2.40. The summed E-state index contributed by atoms with van der Waals surface area (Å²) in [7, 11) is 0. The summed E-state index contributed by atoms with van der Waals surface area (Å²) in [6.45, 7) is 0.835. The molecule has 0 bridgehead atoms. The molecule has 13 heavy (non-hydrogen) atoms. The Bertz CT molecular complexity index is 328. The van der Waals surface area contributed by atoms with Gasteiger partial charge in [-0.1, -0.05) is 0 Å². The molecule has 70 valence electrons. The normalized spacial score (nSPS) is 22.0. The Morgan fingerprint density at radius 1 is 1.69 bits per heavy atom. The second-order valence-corrected chi connectivity index (χ2v) is 3.22. The van der Waals surface area contributed by atoms with Crippen LogP contribution in [0.15, 0.2) is 17.1 Å². The largest absolute Gasteiger partial charge is 0.378 e. The Balaban J connectivity index is 2.04. The van der Waals surface area contributed by atoms with E-state index in [1.54, 1.807) is 0 Å². The summed E-state index contributed by atoms with van der Waals surface area (Å²) < 4.78 is 5.43. The quantitative estimate of drug-likeness (QED) is 0.720. The van der Waals surface area contributed by atoms with Crippen LogP contribution in [-0.4, -0.2) is 22.7 Å². The molecule has 0 aliphatic carbocycles. The molecule has 1 aliphatic heterocycles. The first kappa shape index (κ1) is 8.44. The van der Waals surface area contributed by atoms with E-state index in [9.17, 15) is 4.79 Å². The minimum absolute atomic E-state index is 0.0944. The maximum atomic E-state index is 10.9. The molecule has 0 amide bonds. The van der Waals surface area contributed by atoms with Crippen LogP contribution < -0.4 is 5.56 Å². The molecule has 1 saturated heterocycles. The lowest BCUT2D eigenvalue weighted by Gasteiger charge is -2.06. The predicted octanol–water partition coefficient (Wildman–Crippen LogP) is 0.491. The maximum absolute atomic E-state index is 10.9. The van der Waals surface area contributed by atoms with Crippen molar-refractivity contribution in [2.75, 3.05) is 6.61 Å². The number of H-pyrrole nitrogens is 1. The smallest absolute Gasteiger partial charge is 0.250 e. The lowest BCUT2D eigenvalue weighted by molar-refractivity contribution is 0.110. The van der Waals surface area contributed by atoms with Crippen molar-refractivity contribution in [2.45, 2.75) is 25.4 Å². The number of hydrogen-bond donors (Lipinski definition) is 1. The fourth-order valence-corrected chi connectivity index (χ4v) is 1.54. The molecule has 0 spiro atoms. The van der Waals surface area contributed by atoms with E-state index in [-0.39, 0.29) is 11.7 Å². The summed E-state index contributed by atoms with van der Waals surface area (Å²) in [5, 5.41) is 0. The highest BCUT2D eigenvalue weighted by molar-refractivity contribution is 4.91. The van der Waals surface area contributed by atoms with Crippen molar-refractivity contribution in [3.63, 3.8) is 0 Å². The van der Waals surface area contributed by atoms with Gasteiger partial charge in [0.15, 0.2) is 0 Å². The lowest BCUT2D eigenvalue weighted by Crippen LogP contribution is -2.15. The number of nitrogens with one attached hydrogen (secondary N) is 1. The van der Waals surface area contributed by atoms with E-state index < -0.39 is 0 Å². The van der Waals surface area contributed by atoms with E-state index in [0.29, 0.717) is 0 Å². The highest BCUT2D eigenvalue weighted by Crippen LogP contribution is 2.14. The van der Waals surface area contributed by atoms with Gasteiger partial charge in [-0.15, -0.1) is 0 Å². The highest BCUT2D eigenvalue weighted by atomic mass is 16.5. The molecule has 1 unspecified atom stereocenters. The van der Waals surface area contributed by atoms with Crippen LogP contribution in [0.4, 0.5) is 0 Å². The fraction of sp³-hybridized carbons (Fsp3) is 0.556. The van der Waals surface area contributed by atoms with E-state index in [4.69, 9.17) is 4.74 Å². The molecule has 1 aromatic heterocycles. The molecule has 1 N–H and O–H groups in total. The van der Waals surface area contributed by atoms with E-state index in [1.165, 1.54) is 12.3 Å². The number of aromatic amines is 1. The van der Waals surface area contributed by atoms with Crippen molar-refractivity contribution in [1.82, 2.24) is 9.97 Å². The molecule has 0 aromatic carbocycles. The first-order valence-corrected chi connectivity index (χ1v) is 4.50. The molecule has 0 radical (unpaired) electrons. The summed E-state index contributed by atoms with van der Waals surface area (Å²) in [6.07, 6.45) is 4.67. The van der Waals surface area contributed by atoms with Crippen molar-refractivity contribution < 1.29 is 4.74 Å². The lowest BCUT2D eigenvalue weighted by atomic mass is 10.2. The third-order valence-corrected chi connectivity index (χ3v) is 2.17. The van der Waals surface area contributed by atoms with Gasteiger partial charge in [-0.3, -0.25) is 4.79 Å². The predicted molar refractivity (Wildman–Crippen MR) is 47.5 cm³/mol. The van der Waals surface area contributed by atoms with Crippen molar-refractivity contribution in [1.29, 1.82) is 0 Å². The minimum atomic E-state index is -0.0944. The standard InChI is InChI=1S/C9H12N2O2/c12-9-3-4-10-8(11-9)6-7-2-1-5-13-7/h3-4,7H,1-2,5-6H2,(H,10,11,12). The number of ether oxygens (including phenoxy) is 1. The second-order valence-electron chi connectivity index (χ2n) is 3.22. The van der Waals surface area contributed by atoms with Crippen molar-refractivity contribution in [3.8, 4) is 0 Å². The average Bonchev–Trinajstić information content (AvgIpc) is 2.57. The third-order valence-electron chi connectivity index (χ3n) is 2.17. The van der Waals surface area contributed by atoms with Crippen molar-refractivity contribution in [3.05, 3.63) is 28.4 Å². The second kappa shape index (κ2) is 3.70. The Hall–Kier alpha value is -1.16. The minimum Gasteiger partial charge on any atom is -0.378 e. The molecule has 1 fully saturated rings. The number of hydrogen-bond acceptors (Lipinski definition) is 3. The van der Waals surface area contributed by atoms with Gasteiger partial charge in [0.1, 0.15) is 5.82 Å². The van der Waals surface area contributed by atoms with Gasteiger partial charge in [-0.05, 0) is 12.8 Å². The van der Waals surface area contributed by atoms with Crippen molar-refractivity contribution >= 4 is 0 Å². The van der Waals surface area contributed by atoms with Crippen LogP contribution in [-0.2, 0) is 11.2 Å². The maximum Gasteiger partial charge on any atom is 0.250 e. The fourth-order valence-electron chi connectivity index (χ4n) is 1.54. The van der Waals surface area contributed by atoms with E-state index >= 15 is 0 Å². The molecule has 4 heteroatoms. The molecular formula is C9H12N2O2. The molecule has 0 saturated carbocycles. The monoisotopic (exact) mass is 180 g/mol. The van der Waals surface area contributed by atoms with Gasteiger partial charge in [0, 0.05) is 25.3 Å². The molecular weight excluding hydrogens is 168 g/mol. The van der Waals surface area contributed by atoms with Crippen LogP contribution in [0, 0.1) is 0 Å². The zero-order valence-electron chi connectivity index (χ0n) is 7.32. The van der Waals surface area contributed by atoms with Gasteiger partial charge < -0.3 is 9.72 Å². The average molecular weight is 180 g/mol.